The lowest BCUT2D eigenvalue weighted by Gasteiger charge is -2.14. The van der Waals surface area contributed by atoms with Gasteiger partial charge < -0.3 is 0 Å². The third-order valence-electron chi connectivity index (χ3n) is 3.20. The van der Waals surface area contributed by atoms with Gasteiger partial charge >= 0.3 is 0 Å². The Morgan fingerprint density at radius 1 is 0.909 bits per heavy atom. The van der Waals surface area contributed by atoms with Crippen molar-refractivity contribution in [2.45, 2.75) is 4.90 Å². The fourth-order valence-corrected chi connectivity index (χ4v) is 3.02. The van der Waals surface area contributed by atoms with Gasteiger partial charge in [0.2, 0.25) is 5.78 Å². The van der Waals surface area contributed by atoms with Gasteiger partial charge in [0, 0.05) is 34.2 Å². The van der Waals surface area contributed by atoms with E-state index in [4.69, 9.17) is 0 Å². The molecule has 0 aromatic heterocycles. The Balaban J connectivity index is 1.89. The van der Waals surface area contributed by atoms with Crippen molar-refractivity contribution in [3.63, 3.8) is 0 Å². The summed E-state index contributed by atoms with van der Waals surface area (Å²) in [4.78, 5) is 35.6. The zero-order valence-corrected chi connectivity index (χ0v) is 12.0. The SMILES string of the molecule is O=C1C=C(Sc2ccc([N+](=O)[O-])cc2)C(=O)c2ccccc21. The molecule has 0 aliphatic heterocycles. The van der Waals surface area contributed by atoms with E-state index in [-0.39, 0.29) is 17.3 Å². The van der Waals surface area contributed by atoms with Crippen LogP contribution in [0.5, 0.6) is 0 Å². The van der Waals surface area contributed by atoms with Crippen LogP contribution in [-0.2, 0) is 0 Å². The van der Waals surface area contributed by atoms with Gasteiger partial charge in [0.25, 0.3) is 5.69 Å². The van der Waals surface area contributed by atoms with Crippen molar-refractivity contribution in [2.75, 3.05) is 0 Å². The highest BCUT2D eigenvalue weighted by Gasteiger charge is 2.25. The summed E-state index contributed by atoms with van der Waals surface area (Å²) < 4.78 is 0. The minimum Gasteiger partial charge on any atom is -0.289 e. The average molecular weight is 311 g/mol. The number of fused-ring (bicyclic) bond motifs is 1. The molecule has 5 nitrogen and oxygen atoms in total. The molecule has 0 atom stereocenters. The van der Waals surface area contributed by atoms with E-state index >= 15 is 0 Å². The highest BCUT2D eigenvalue weighted by Crippen LogP contribution is 2.34. The number of hydrogen-bond donors (Lipinski definition) is 0. The van der Waals surface area contributed by atoms with Crippen molar-refractivity contribution in [1.29, 1.82) is 0 Å². The van der Waals surface area contributed by atoms with Gasteiger partial charge in [-0.05, 0) is 12.1 Å². The second-order valence-electron chi connectivity index (χ2n) is 4.60. The van der Waals surface area contributed by atoms with Crippen LogP contribution in [0.3, 0.4) is 0 Å². The Kier molecular flexibility index (Phi) is 3.60. The Hall–Kier alpha value is -2.73. The summed E-state index contributed by atoms with van der Waals surface area (Å²) in [7, 11) is 0. The summed E-state index contributed by atoms with van der Waals surface area (Å²) in [6, 6.07) is 12.5. The van der Waals surface area contributed by atoms with Crippen LogP contribution in [0.15, 0.2) is 64.4 Å². The van der Waals surface area contributed by atoms with Crippen LogP contribution in [0.2, 0.25) is 0 Å². The molecule has 3 rings (SSSR count). The molecule has 1 aliphatic carbocycles. The summed E-state index contributed by atoms with van der Waals surface area (Å²) >= 11 is 1.13. The molecule has 0 amide bonds. The average Bonchev–Trinajstić information content (AvgIpc) is 2.53. The van der Waals surface area contributed by atoms with Crippen molar-refractivity contribution >= 4 is 29.0 Å². The molecule has 0 unspecified atom stereocenters. The van der Waals surface area contributed by atoms with Gasteiger partial charge in [-0.1, -0.05) is 36.0 Å². The molecule has 0 saturated heterocycles. The molecular weight excluding hydrogens is 302 g/mol. The van der Waals surface area contributed by atoms with Crippen LogP contribution < -0.4 is 0 Å². The van der Waals surface area contributed by atoms with Gasteiger partial charge in [0.1, 0.15) is 0 Å². The summed E-state index contributed by atoms with van der Waals surface area (Å²) in [5, 5.41) is 10.6. The number of nitro benzene ring substituents is 1. The van der Waals surface area contributed by atoms with Crippen LogP contribution in [-0.4, -0.2) is 16.5 Å². The molecule has 0 radical (unpaired) electrons. The predicted molar refractivity (Wildman–Crippen MR) is 82.1 cm³/mol. The monoisotopic (exact) mass is 311 g/mol. The van der Waals surface area contributed by atoms with E-state index in [0.29, 0.717) is 20.9 Å². The lowest BCUT2D eigenvalue weighted by Crippen LogP contribution is -2.15. The largest absolute Gasteiger partial charge is 0.289 e. The molecule has 22 heavy (non-hydrogen) atoms. The molecule has 0 fully saturated rings. The molecule has 0 heterocycles. The summed E-state index contributed by atoms with van der Waals surface area (Å²) in [6.07, 6.45) is 1.32. The van der Waals surface area contributed by atoms with Crippen LogP contribution >= 0.6 is 11.8 Å². The van der Waals surface area contributed by atoms with Gasteiger partial charge in [0.15, 0.2) is 5.78 Å². The van der Waals surface area contributed by atoms with Crippen LogP contribution in [0, 0.1) is 10.1 Å². The van der Waals surface area contributed by atoms with Gasteiger partial charge in [0.05, 0.1) is 9.83 Å². The minimum atomic E-state index is -0.487. The number of benzene rings is 2. The Labute approximate surface area is 129 Å². The van der Waals surface area contributed by atoms with Crippen molar-refractivity contribution in [1.82, 2.24) is 0 Å². The van der Waals surface area contributed by atoms with E-state index in [1.165, 1.54) is 18.2 Å². The van der Waals surface area contributed by atoms with Crippen molar-refractivity contribution in [3.05, 3.63) is 80.8 Å². The summed E-state index contributed by atoms with van der Waals surface area (Å²) in [6.45, 7) is 0. The van der Waals surface area contributed by atoms with Crippen LogP contribution in [0.4, 0.5) is 5.69 Å². The first-order valence-corrected chi connectivity index (χ1v) is 7.20. The lowest BCUT2D eigenvalue weighted by atomic mass is 9.95. The number of hydrogen-bond acceptors (Lipinski definition) is 5. The first kappa shape index (κ1) is 14.2. The molecule has 2 aromatic carbocycles. The topological polar surface area (TPSA) is 77.3 Å². The van der Waals surface area contributed by atoms with E-state index in [1.807, 2.05) is 0 Å². The van der Waals surface area contributed by atoms with Crippen LogP contribution in [0.25, 0.3) is 0 Å². The Bertz CT molecular complexity index is 824. The zero-order valence-electron chi connectivity index (χ0n) is 11.2. The third kappa shape index (κ3) is 2.56. The number of thioether (sulfide) groups is 1. The maximum absolute atomic E-state index is 12.4. The quantitative estimate of drug-likeness (QED) is 0.638. The zero-order chi connectivity index (χ0) is 15.7. The lowest BCUT2D eigenvalue weighted by molar-refractivity contribution is -0.384. The van der Waals surface area contributed by atoms with E-state index in [2.05, 4.69) is 0 Å². The Morgan fingerprint density at radius 3 is 2.18 bits per heavy atom. The predicted octanol–water partition coefficient (Wildman–Crippen LogP) is 3.65. The maximum atomic E-state index is 12.4. The standard InChI is InChI=1S/C16H9NO4S/c18-14-9-15(16(19)13-4-2-1-3-12(13)14)22-11-7-5-10(6-8-11)17(20)21/h1-9H. The normalized spacial score (nSPS) is 13.5. The second kappa shape index (κ2) is 5.57. The molecule has 0 bridgehead atoms. The summed E-state index contributed by atoms with van der Waals surface area (Å²) in [5.41, 5.74) is 0.773. The fourth-order valence-electron chi connectivity index (χ4n) is 2.13. The number of non-ortho nitro benzene ring substituents is 1. The Morgan fingerprint density at radius 2 is 1.55 bits per heavy atom. The highest BCUT2D eigenvalue weighted by molar-refractivity contribution is 8.04. The molecule has 0 saturated carbocycles. The number of ketones is 2. The van der Waals surface area contributed by atoms with Crippen molar-refractivity contribution in [2.24, 2.45) is 0 Å². The molecule has 6 heteroatoms. The van der Waals surface area contributed by atoms with Crippen molar-refractivity contribution in [3.8, 4) is 0 Å². The van der Waals surface area contributed by atoms with Gasteiger partial charge in [-0.25, -0.2) is 0 Å². The highest BCUT2D eigenvalue weighted by atomic mass is 32.2. The number of Topliss-reactive ketones (excluding diaryl/α,β-unsaturated/α-hetero) is 1. The first-order chi connectivity index (χ1) is 10.6. The minimum absolute atomic E-state index is 0.0188. The number of rotatable bonds is 3. The number of allylic oxidation sites excluding steroid dienone is 2. The number of nitro groups is 1. The third-order valence-corrected chi connectivity index (χ3v) is 4.23. The van der Waals surface area contributed by atoms with Crippen molar-refractivity contribution < 1.29 is 14.5 Å². The van der Waals surface area contributed by atoms with Crippen LogP contribution in [0.1, 0.15) is 20.7 Å². The van der Waals surface area contributed by atoms with E-state index in [0.717, 1.165) is 11.8 Å². The molecule has 0 spiro atoms. The molecule has 0 N–H and O–H groups in total. The van der Waals surface area contributed by atoms with E-state index in [9.17, 15) is 19.7 Å². The second-order valence-corrected chi connectivity index (χ2v) is 5.72. The molecular formula is C16H9NO4S. The van der Waals surface area contributed by atoms with E-state index < -0.39 is 4.92 Å². The molecule has 2 aromatic rings. The number of carbonyl (C=O) groups is 2. The maximum Gasteiger partial charge on any atom is 0.269 e. The fraction of sp³-hybridized carbons (Fsp3) is 0. The summed E-state index contributed by atoms with van der Waals surface area (Å²) in [5.74, 6) is -0.418. The molecule has 1 aliphatic rings. The van der Waals surface area contributed by atoms with Gasteiger partial charge in [-0.15, -0.1) is 0 Å². The number of nitrogens with zero attached hydrogens (tertiary/aromatic N) is 1. The molecule has 108 valence electrons. The van der Waals surface area contributed by atoms with Gasteiger partial charge in [-0.3, -0.25) is 19.7 Å². The van der Waals surface area contributed by atoms with E-state index in [1.54, 1.807) is 36.4 Å². The number of carbonyl (C=O) groups excluding carboxylic acids is 2. The van der Waals surface area contributed by atoms with Gasteiger partial charge in [-0.2, -0.15) is 0 Å². The smallest absolute Gasteiger partial charge is 0.269 e. The first-order valence-electron chi connectivity index (χ1n) is 6.38.